The van der Waals surface area contributed by atoms with Crippen molar-refractivity contribution in [1.82, 2.24) is 15.1 Å². The summed E-state index contributed by atoms with van der Waals surface area (Å²) in [6.45, 7) is 6.62. The van der Waals surface area contributed by atoms with E-state index in [-0.39, 0.29) is 0 Å². The first-order valence-electron chi connectivity index (χ1n) is 6.72. The van der Waals surface area contributed by atoms with Crippen LogP contribution in [0, 0.1) is 6.92 Å². The first-order valence-corrected chi connectivity index (χ1v) is 8.04. The van der Waals surface area contributed by atoms with Gasteiger partial charge in [-0.1, -0.05) is 24.3 Å². The summed E-state index contributed by atoms with van der Waals surface area (Å²) in [5.74, 6) is 0.557. The maximum atomic E-state index is 5.85. The maximum Gasteiger partial charge on any atom is 0.0739 e. The minimum Gasteiger partial charge on any atom is -0.307 e. The summed E-state index contributed by atoms with van der Waals surface area (Å²) in [5.41, 5.74) is 4.63. The molecular weight excluding hydrogens is 338 g/mol. The Bertz CT molecular complexity index is 580. The molecule has 0 fully saturated rings. The average molecular weight is 357 g/mol. The molecule has 1 N–H and O–H groups in total. The number of rotatable bonds is 6. The Hall–Kier alpha value is -0.840. The zero-order valence-electron chi connectivity index (χ0n) is 11.8. The van der Waals surface area contributed by atoms with Crippen LogP contribution < -0.4 is 5.32 Å². The smallest absolute Gasteiger partial charge is 0.0739 e. The molecule has 0 amide bonds. The van der Waals surface area contributed by atoms with Crippen LogP contribution in [0.15, 0.2) is 28.7 Å². The summed E-state index contributed by atoms with van der Waals surface area (Å²) in [5, 5.41) is 7.96. The van der Waals surface area contributed by atoms with Gasteiger partial charge in [-0.15, -0.1) is 11.6 Å². The van der Waals surface area contributed by atoms with Gasteiger partial charge >= 0.3 is 0 Å². The van der Waals surface area contributed by atoms with E-state index in [1.165, 1.54) is 11.3 Å². The van der Waals surface area contributed by atoms with Crippen LogP contribution >= 0.6 is 27.5 Å². The summed E-state index contributed by atoms with van der Waals surface area (Å²) >= 11 is 9.46. The van der Waals surface area contributed by atoms with Crippen LogP contribution in [0.5, 0.6) is 0 Å². The lowest BCUT2D eigenvalue weighted by molar-refractivity contribution is 0.578. The Morgan fingerprint density at radius 1 is 1.30 bits per heavy atom. The van der Waals surface area contributed by atoms with Crippen molar-refractivity contribution in [3.63, 3.8) is 0 Å². The summed E-state index contributed by atoms with van der Waals surface area (Å²) < 4.78 is 3.13. The number of aromatic nitrogens is 2. The van der Waals surface area contributed by atoms with Crippen molar-refractivity contribution in [2.75, 3.05) is 0 Å². The van der Waals surface area contributed by atoms with Crippen molar-refractivity contribution in [1.29, 1.82) is 0 Å². The number of benzene rings is 1. The van der Waals surface area contributed by atoms with Crippen LogP contribution in [-0.4, -0.2) is 9.78 Å². The molecule has 0 bridgehead atoms. The molecule has 1 heterocycles. The van der Waals surface area contributed by atoms with E-state index >= 15 is 0 Å². The Kier molecular flexibility index (Phi) is 5.64. The van der Waals surface area contributed by atoms with Crippen LogP contribution in [0.2, 0.25) is 0 Å². The second kappa shape index (κ2) is 7.25. The largest absolute Gasteiger partial charge is 0.307 e. The lowest BCUT2D eigenvalue weighted by Gasteiger charge is -2.08. The maximum absolute atomic E-state index is 5.85. The highest BCUT2D eigenvalue weighted by atomic mass is 79.9. The molecule has 0 unspecified atom stereocenters. The van der Waals surface area contributed by atoms with E-state index in [9.17, 15) is 0 Å². The van der Waals surface area contributed by atoms with Gasteiger partial charge in [-0.25, -0.2) is 0 Å². The summed E-state index contributed by atoms with van der Waals surface area (Å²) in [7, 11) is 0. The second-order valence-corrected chi connectivity index (χ2v) is 5.78. The Morgan fingerprint density at radius 2 is 2.05 bits per heavy atom. The van der Waals surface area contributed by atoms with Gasteiger partial charge < -0.3 is 5.32 Å². The quantitative estimate of drug-likeness (QED) is 0.793. The van der Waals surface area contributed by atoms with Gasteiger partial charge in [0.1, 0.15) is 0 Å². The molecule has 3 nitrogen and oxygen atoms in total. The van der Waals surface area contributed by atoms with Crippen LogP contribution in [0.1, 0.15) is 29.4 Å². The molecule has 5 heteroatoms. The second-order valence-electron chi connectivity index (χ2n) is 4.72. The highest BCUT2D eigenvalue weighted by molar-refractivity contribution is 9.10. The molecule has 0 aliphatic heterocycles. The van der Waals surface area contributed by atoms with Crippen molar-refractivity contribution < 1.29 is 0 Å². The SMILES string of the molecule is CCn1nc(C)c(Br)c1CNCc1cccc(CCl)c1. The van der Waals surface area contributed by atoms with E-state index in [2.05, 4.69) is 45.4 Å². The fourth-order valence-corrected chi connectivity index (χ4v) is 2.78. The predicted octanol–water partition coefficient (Wildman–Crippen LogP) is 4.00. The predicted molar refractivity (Wildman–Crippen MR) is 86.9 cm³/mol. The molecule has 0 aliphatic carbocycles. The van der Waals surface area contributed by atoms with E-state index in [0.29, 0.717) is 5.88 Å². The summed E-state index contributed by atoms with van der Waals surface area (Å²) in [4.78, 5) is 0. The Morgan fingerprint density at radius 3 is 2.75 bits per heavy atom. The topological polar surface area (TPSA) is 29.9 Å². The van der Waals surface area contributed by atoms with Gasteiger partial charge in [0.15, 0.2) is 0 Å². The van der Waals surface area contributed by atoms with Gasteiger partial charge in [0.25, 0.3) is 0 Å². The third-order valence-corrected chi connectivity index (χ3v) is 4.56. The normalized spacial score (nSPS) is 11.0. The molecule has 2 aromatic rings. The van der Waals surface area contributed by atoms with Crippen LogP contribution in [0.4, 0.5) is 0 Å². The lowest BCUT2D eigenvalue weighted by atomic mass is 10.1. The number of nitrogens with one attached hydrogen (secondary N) is 1. The monoisotopic (exact) mass is 355 g/mol. The van der Waals surface area contributed by atoms with Crippen molar-refractivity contribution in [3.8, 4) is 0 Å². The van der Waals surface area contributed by atoms with Gasteiger partial charge in [-0.05, 0) is 40.9 Å². The van der Waals surface area contributed by atoms with Crippen molar-refractivity contribution >= 4 is 27.5 Å². The zero-order valence-corrected chi connectivity index (χ0v) is 14.1. The third kappa shape index (κ3) is 3.62. The van der Waals surface area contributed by atoms with Gasteiger partial charge in [-0.2, -0.15) is 5.10 Å². The fourth-order valence-electron chi connectivity index (χ4n) is 2.19. The average Bonchev–Trinajstić information content (AvgIpc) is 2.75. The molecule has 0 saturated heterocycles. The summed E-state index contributed by atoms with van der Waals surface area (Å²) in [6, 6.07) is 8.34. The molecule has 108 valence electrons. The summed E-state index contributed by atoms with van der Waals surface area (Å²) in [6.07, 6.45) is 0. The van der Waals surface area contributed by atoms with Gasteiger partial charge in [-0.3, -0.25) is 4.68 Å². The van der Waals surface area contributed by atoms with Crippen LogP contribution in [0.3, 0.4) is 0 Å². The van der Waals surface area contributed by atoms with E-state index in [0.717, 1.165) is 35.4 Å². The highest BCUT2D eigenvalue weighted by Gasteiger charge is 2.11. The van der Waals surface area contributed by atoms with E-state index in [4.69, 9.17) is 11.6 Å². The number of nitrogens with zero attached hydrogens (tertiary/aromatic N) is 2. The molecule has 20 heavy (non-hydrogen) atoms. The Labute approximate surface area is 133 Å². The van der Waals surface area contributed by atoms with Crippen LogP contribution in [-0.2, 0) is 25.5 Å². The molecule has 0 spiro atoms. The lowest BCUT2D eigenvalue weighted by Crippen LogP contribution is -2.16. The minimum absolute atomic E-state index is 0.557. The number of hydrogen-bond donors (Lipinski definition) is 1. The number of halogens is 2. The number of alkyl halides is 1. The third-order valence-electron chi connectivity index (χ3n) is 3.22. The van der Waals surface area contributed by atoms with Gasteiger partial charge in [0.05, 0.1) is 15.9 Å². The molecule has 1 aromatic carbocycles. The first kappa shape index (κ1) is 15.5. The van der Waals surface area contributed by atoms with Gasteiger partial charge in [0.2, 0.25) is 0 Å². The van der Waals surface area contributed by atoms with E-state index < -0.39 is 0 Å². The molecule has 0 aliphatic rings. The van der Waals surface area contributed by atoms with Crippen molar-refractivity contribution in [3.05, 3.63) is 51.3 Å². The first-order chi connectivity index (χ1) is 9.65. The van der Waals surface area contributed by atoms with E-state index in [1.54, 1.807) is 0 Å². The molecule has 0 saturated carbocycles. The zero-order chi connectivity index (χ0) is 14.5. The number of hydrogen-bond acceptors (Lipinski definition) is 2. The van der Waals surface area contributed by atoms with Gasteiger partial charge in [0, 0.05) is 25.5 Å². The molecular formula is C15H19BrClN3. The number of aryl methyl sites for hydroxylation is 2. The molecule has 1 aromatic heterocycles. The fraction of sp³-hybridized carbons (Fsp3) is 0.400. The van der Waals surface area contributed by atoms with E-state index in [1.807, 2.05) is 23.7 Å². The molecule has 0 radical (unpaired) electrons. The molecule has 2 rings (SSSR count). The van der Waals surface area contributed by atoms with Crippen molar-refractivity contribution in [2.24, 2.45) is 0 Å². The highest BCUT2D eigenvalue weighted by Crippen LogP contribution is 2.20. The standard InChI is InChI=1S/C15H19BrClN3/c1-3-20-14(15(16)11(2)19-20)10-18-9-13-6-4-5-12(7-13)8-17/h4-7,18H,3,8-10H2,1-2H3. The minimum atomic E-state index is 0.557. The molecule has 0 atom stereocenters. The van der Waals surface area contributed by atoms with Crippen molar-refractivity contribution in [2.45, 2.75) is 39.4 Å². The Balaban J connectivity index is 1.99. The van der Waals surface area contributed by atoms with Crippen LogP contribution in [0.25, 0.3) is 0 Å².